The van der Waals surface area contributed by atoms with Gasteiger partial charge in [-0.05, 0) is 30.7 Å². The van der Waals surface area contributed by atoms with Crippen LogP contribution in [0, 0.1) is 6.92 Å². The van der Waals surface area contributed by atoms with Crippen LogP contribution in [-0.2, 0) is 0 Å². The molecule has 0 aliphatic heterocycles. The Morgan fingerprint density at radius 2 is 1.59 bits per heavy atom. The Bertz CT molecular complexity index is 994. The van der Waals surface area contributed by atoms with Gasteiger partial charge in [0.25, 0.3) is 0 Å². The molecule has 0 aliphatic carbocycles. The van der Waals surface area contributed by atoms with Gasteiger partial charge in [-0.3, -0.25) is 0 Å². The summed E-state index contributed by atoms with van der Waals surface area (Å²) in [7, 11) is 0. The number of fused-ring (bicyclic) bond motifs is 3. The molecular formula is C19H13ClN2. The quantitative estimate of drug-likeness (QED) is 0.347. The number of hydrogen-bond donors (Lipinski definition) is 0. The molecule has 22 heavy (non-hydrogen) atoms. The van der Waals surface area contributed by atoms with Crippen molar-refractivity contribution in [3.05, 3.63) is 71.4 Å². The Hall–Kier alpha value is -2.45. The number of benzene rings is 2. The Morgan fingerprint density at radius 1 is 0.818 bits per heavy atom. The van der Waals surface area contributed by atoms with Crippen LogP contribution >= 0.6 is 11.6 Å². The fraction of sp³-hybridized carbons (Fsp3) is 0.0526. The van der Waals surface area contributed by atoms with Gasteiger partial charge in [-0.25, -0.2) is 9.97 Å². The fourth-order valence-electron chi connectivity index (χ4n) is 2.77. The van der Waals surface area contributed by atoms with E-state index in [1.807, 2.05) is 30.3 Å². The highest BCUT2D eigenvalue weighted by molar-refractivity contribution is 6.30. The third-order valence-electron chi connectivity index (χ3n) is 3.88. The van der Waals surface area contributed by atoms with Crippen LogP contribution in [-0.4, -0.2) is 9.97 Å². The van der Waals surface area contributed by atoms with E-state index < -0.39 is 0 Å². The van der Waals surface area contributed by atoms with Crippen molar-refractivity contribution < 1.29 is 0 Å². The molecule has 0 saturated carbocycles. The molecule has 2 nitrogen and oxygen atoms in total. The molecule has 2 heterocycles. The predicted octanol–water partition coefficient (Wildman–Crippen LogP) is 5.41. The molecule has 2 aromatic heterocycles. The van der Waals surface area contributed by atoms with E-state index in [9.17, 15) is 0 Å². The molecule has 0 spiro atoms. The summed E-state index contributed by atoms with van der Waals surface area (Å²) >= 11 is 6.08. The summed E-state index contributed by atoms with van der Waals surface area (Å²) in [5.74, 6) is 0. The lowest BCUT2D eigenvalue weighted by atomic mass is 10.0. The minimum atomic E-state index is 0.490. The van der Waals surface area contributed by atoms with Crippen LogP contribution in [0.5, 0.6) is 0 Å². The maximum absolute atomic E-state index is 6.08. The average molecular weight is 305 g/mol. The molecule has 0 bridgehead atoms. The molecule has 0 N–H and O–H groups in total. The lowest BCUT2D eigenvalue weighted by molar-refractivity contribution is 1.34. The Kier molecular flexibility index (Phi) is 3.05. The summed E-state index contributed by atoms with van der Waals surface area (Å²) in [5.41, 5.74) is 5.00. The zero-order chi connectivity index (χ0) is 15.1. The van der Waals surface area contributed by atoms with E-state index in [-0.39, 0.29) is 0 Å². The number of aryl methyl sites for hydroxylation is 1. The van der Waals surface area contributed by atoms with Crippen LogP contribution in [0.3, 0.4) is 0 Å². The standard InChI is InChI=1S/C19H13ClN2/c1-12-11-16(13-5-3-2-4-6-13)21-19-15(12)9-7-14-8-10-17(20)22-18(14)19/h2-11H,1H3. The predicted molar refractivity (Wildman–Crippen MR) is 92.2 cm³/mol. The van der Waals surface area contributed by atoms with Crippen LogP contribution in [0.15, 0.2) is 60.7 Å². The third kappa shape index (κ3) is 2.13. The first-order chi connectivity index (χ1) is 10.7. The Labute approximate surface area is 133 Å². The SMILES string of the molecule is Cc1cc(-c2ccccc2)nc2c1ccc1ccc(Cl)nc12. The van der Waals surface area contributed by atoms with Crippen molar-refractivity contribution in [3.8, 4) is 11.3 Å². The van der Waals surface area contributed by atoms with E-state index in [0.717, 1.165) is 33.1 Å². The molecule has 0 saturated heterocycles. The molecular weight excluding hydrogens is 292 g/mol. The van der Waals surface area contributed by atoms with Gasteiger partial charge in [-0.1, -0.05) is 54.1 Å². The first-order valence-electron chi connectivity index (χ1n) is 7.14. The number of hydrogen-bond acceptors (Lipinski definition) is 2. The second-order valence-corrected chi connectivity index (χ2v) is 5.75. The minimum absolute atomic E-state index is 0.490. The van der Waals surface area contributed by atoms with E-state index >= 15 is 0 Å². The van der Waals surface area contributed by atoms with E-state index in [1.165, 1.54) is 5.56 Å². The maximum atomic E-state index is 6.08. The van der Waals surface area contributed by atoms with Crippen LogP contribution < -0.4 is 0 Å². The topological polar surface area (TPSA) is 25.8 Å². The highest BCUT2D eigenvalue weighted by Crippen LogP contribution is 2.29. The molecule has 4 aromatic rings. The number of aromatic nitrogens is 2. The van der Waals surface area contributed by atoms with Gasteiger partial charge in [-0.15, -0.1) is 0 Å². The smallest absolute Gasteiger partial charge is 0.129 e. The lowest BCUT2D eigenvalue weighted by Crippen LogP contribution is -1.91. The zero-order valence-electron chi connectivity index (χ0n) is 12.0. The summed E-state index contributed by atoms with van der Waals surface area (Å²) in [6, 6.07) is 20.3. The first-order valence-corrected chi connectivity index (χ1v) is 7.52. The normalized spacial score (nSPS) is 11.2. The number of pyridine rings is 2. The molecule has 3 heteroatoms. The van der Waals surface area contributed by atoms with Gasteiger partial charge in [0, 0.05) is 16.3 Å². The minimum Gasteiger partial charge on any atom is -0.245 e. The van der Waals surface area contributed by atoms with Gasteiger partial charge in [0.15, 0.2) is 0 Å². The van der Waals surface area contributed by atoms with Crippen molar-refractivity contribution in [3.63, 3.8) is 0 Å². The highest BCUT2D eigenvalue weighted by atomic mass is 35.5. The largest absolute Gasteiger partial charge is 0.245 e. The molecule has 0 aliphatic rings. The maximum Gasteiger partial charge on any atom is 0.129 e. The van der Waals surface area contributed by atoms with Crippen molar-refractivity contribution in [1.82, 2.24) is 9.97 Å². The van der Waals surface area contributed by atoms with E-state index in [1.54, 1.807) is 0 Å². The first kappa shape index (κ1) is 13.2. The number of rotatable bonds is 1. The van der Waals surface area contributed by atoms with Crippen molar-refractivity contribution in [2.24, 2.45) is 0 Å². The van der Waals surface area contributed by atoms with E-state index in [2.05, 4.69) is 42.2 Å². The molecule has 0 radical (unpaired) electrons. The van der Waals surface area contributed by atoms with Gasteiger partial charge >= 0.3 is 0 Å². The van der Waals surface area contributed by atoms with Gasteiger partial charge < -0.3 is 0 Å². The lowest BCUT2D eigenvalue weighted by Gasteiger charge is -2.09. The van der Waals surface area contributed by atoms with Crippen molar-refractivity contribution in [2.75, 3.05) is 0 Å². The summed E-state index contributed by atoms with van der Waals surface area (Å²) in [5, 5.41) is 2.65. The molecule has 0 amide bonds. The molecule has 0 atom stereocenters. The number of nitrogens with zero attached hydrogens (tertiary/aromatic N) is 2. The van der Waals surface area contributed by atoms with Crippen molar-refractivity contribution in [1.29, 1.82) is 0 Å². The number of halogens is 1. The average Bonchev–Trinajstić information content (AvgIpc) is 2.55. The van der Waals surface area contributed by atoms with Crippen molar-refractivity contribution in [2.45, 2.75) is 6.92 Å². The van der Waals surface area contributed by atoms with Gasteiger partial charge in [-0.2, -0.15) is 0 Å². The Morgan fingerprint density at radius 3 is 2.41 bits per heavy atom. The van der Waals surface area contributed by atoms with E-state index in [0.29, 0.717) is 5.15 Å². The van der Waals surface area contributed by atoms with Gasteiger partial charge in [0.05, 0.1) is 16.7 Å². The molecule has 2 aromatic carbocycles. The van der Waals surface area contributed by atoms with Crippen LogP contribution in [0.1, 0.15) is 5.56 Å². The summed E-state index contributed by atoms with van der Waals surface area (Å²) in [6.45, 7) is 2.10. The summed E-state index contributed by atoms with van der Waals surface area (Å²) in [6.07, 6.45) is 0. The molecule has 0 fully saturated rings. The zero-order valence-corrected chi connectivity index (χ0v) is 12.8. The second kappa shape index (κ2) is 5.08. The van der Waals surface area contributed by atoms with Crippen LogP contribution in [0.4, 0.5) is 0 Å². The molecule has 106 valence electrons. The Balaban J connectivity index is 2.11. The van der Waals surface area contributed by atoms with Crippen LogP contribution in [0.25, 0.3) is 33.1 Å². The second-order valence-electron chi connectivity index (χ2n) is 5.36. The summed E-state index contributed by atoms with van der Waals surface area (Å²) in [4.78, 5) is 9.34. The molecule has 4 rings (SSSR count). The third-order valence-corrected chi connectivity index (χ3v) is 4.09. The van der Waals surface area contributed by atoms with Crippen LogP contribution in [0.2, 0.25) is 5.15 Å². The monoisotopic (exact) mass is 304 g/mol. The van der Waals surface area contributed by atoms with E-state index in [4.69, 9.17) is 16.6 Å². The summed E-state index contributed by atoms with van der Waals surface area (Å²) < 4.78 is 0. The van der Waals surface area contributed by atoms with Gasteiger partial charge in [0.2, 0.25) is 0 Å². The molecule has 0 unspecified atom stereocenters. The van der Waals surface area contributed by atoms with Crippen molar-refractivity contribution >= 4 is 33.4 Å². The fourth-order valence-corrected chi connectivity index (χ4v) is 2.92. The highest BCUT2D eigenvalue weighted by Gasteiger charge is 2.09. The van der Waals surface area contributed by atoms with Gasteiger partial charge in [0.1, 0.15) is 5.15 Å².